The summed E-state index contributed by atoms with van der Waals surface area (Å²) in [5.74, 6) is 0.686. The molecule has 2 atom stereocenters. The molecule has 1 aromatic carbocycles. The van der Waals surface area contributed by atoms with Gasteiger partial charge < -0.3 is 0 Å². The van der Waals surface area contributed by atoms with Gasteiger partial charge in [-0.05, 0) is 35.7 Å². The van der Waals surface area contributed by atoms with Crippen molar-refractivity contribution in [3.05, 3.63) is 29.3 Å². The van der Waals surface area contributed by atoms with Gasteiger partial charge in [-0.25, -0.2) is 0 Å². The van der Waals surface area contributed by atoms with E-state index in [1.807, 2.05) is 0 Å². The van der Waals surface area contributed by atoms with Gasteiger partial charge in [0.2, 0.25) is 0 Å². The highest BCUT2D eigenvalue weighted by Crippen LogP contribution is 2.21. The number of rotatable bonds is 2. The second-order valence-corrected chi connectivity index (χ2v) is 4.09. The Morgan fingerprint density at radius 2 is 2.08 bits per heavy atom. The number of hydrogen-bond acceptors (Lipinski definition) is 0. The van der Waals surface area contributed by atoms with Crippen molar-refractivity contribution in [2.45, 2.75) is 33.1 Å². The molecule has 12 heavy (non-hydrogen) atoms. The first-order valence-corrected chi connectivity index (χ1v) is 5.09. The summed E-state index contributed by atoms with van der Waals surface area (Å²) in [7, 11) is 2.75. The lowest BCUT2D eigenvalue weighted by Crippen LogP contribution is -2.00. The van der Waals surface area contributed by atoms with Gasteiger partial charge in [0.05, 0.1) is 0 Å². The van der Waals surface area contributed by atoms with Crippen molar-refractivity contribution in [2.75, 3.05) is 0 Å². The molecule has 0 aliphatic rings. The highest BCUT2D eigenvalue weighted by molar-refractivity contribution is 7.27. The van der Waals surface area contributed by atoms with Crippen LogP contribution < -0.4 is 5.30 Å². The van der Waals surface area contributed by atoms with Crippen molar-refractivity contribution in [1.82, 2.24) is 0 Å². The molecular weight excluding hydrogens is 163 g/mol. The Morgan fingerprint density at radius 3 is 2.67 bits per heavy atom. The first-order chi connectivity index (χ1) is 5.65. The number of hydrogen-bond donors (Lipinski definition) is 0. The maximum atomic E-state index is 2.75. The van der Waals surface area contributed by atoms with Gasteiger partial charge in [0.15, 0.2) is 0 Å². The summed E-state index contributed by atoms with van der Waals surface area (Å²) in [5.41, 5.74) is 2.90. The third-order valence-electron chi connectivity index (χ3n) is 2.45. The van der Waals surface area contributed by atoms with Crippen LogP contribution in [0.1, 0.15) is 37.3 Å². The van der Waals surface area contributed by atoms with E-state index in [-0.39, 0.29) is 0 Å². The lowest BCUT2D eigenvalue weighted by Gasteiger charge is -2.12. The van der Waals surface area contributed by atoms with Gasteiger partial charge >= 0.3 is 0 Å². The predicted octanol–water partition coefficient (Wildman–Crippen LogP) is 3.01. The molecule has 0 aliphatic carbocycles. The minimum absolute atomic E-state index is 0.686. The van der Waals surface area contributed by atoms with Crippen LogP contribution in [0.2, 0.25) is 0 Å². The monoisotopic (exact) mass is 180 g/mol. The normalized spacial score (nSPS) is 13.0. The van der Waals surface area contributed by atoms with Crippen LogP contribution >= 0.6 is 9.24 Å². The Bertz CT molecular complexity index is 266. The van der Waals surface area contributed by atoms with Crippen molar-refractivity contribution in [2.24, 2.45) is 0 Å². The average Bonchev–Trinajstić information content (AvgIpc) is 2.08. The smallest absolute Gasteiger partial charge is 0.0190 e. The largest absolute Gasteiger partial charge is 0.106 e. The molecule has 0 aliphatic heterocycles. The Morgan fingerprint density at radius 1 is 1.42 bits per heavy atom. The van der Waals surface area contributed by atoms with E-state index >= 15 is 0 Å². The van der Waals surface area contributed by atoms with Gasteiger partial charge in [0.1, 0.15) is 0 Å². The summed E-state index contributed by atoms with van der Waals surface area (Å²) in [5, 5.41) is 1.29. The molecule has 0 N–H and O–H groups in total. The topological polar surface area (TPSA) is 0 Å². The highest BCUT2D eigenvalue weighted by Gasteiger charge is 2.05. The van der Waals surface area contributed by atoms with E-state index in [4.69, 9.17) is 0 Å². The fraction of sp³-hybridized carbons (Fsp3) is 0.455. The van der Waals surface area contributed by atoms with Crippen molar-refractivity contribution in [3.63, 3.8) is 0 Å². The Labute approximate surface area is 77.6 Å². The van der Waals surface area contributed by atoms with Crippen LogP contribution in [0.25, 0.3) is 0 Å². The minimum Gasteiger partial charge on any atom is -0.106 e. The third kappa shape index (κ3) is 2.08. The summed E-state index contributed by atoms with van der Waals surface area (Å²) in [6.07, 6.45) is 1.22. The molecule has 0 aromatic heterocycles. The van der Waals surface area contributed by atoms with E-state index in [1.165, 1.54) is 22.9 Å². The minimum atomic E-state index is 0.686. The van der Waals surface area contributed by atoms with Crippen molar-refractivity contribution in [3.8, 4) is 0 Å². The Kier molecular flexibility index (Phi) is 3.29. The lowest BCUT2D eigenvalue weighted by atomic mass is 9.95. The zero-order chi connectivity index (χ0) is 9.14. The third-order valence-corrected chi connectivity index (χ3v) is 2.81. The summed E-state index contributed by atoms with van der Waals surface area (Å²) < 4.78 is 0. The van der Waals surface area contributed by atoms with E-state index in [0.29, 0.717) is 5.92 Å². The quantitative estimate of drug-likeness (QED) is 0.614. The molecule has 0 fully saturated rings. The highest BCUT2D eigenvalue weighted by atomic mass is 31.0. The number of aryl methyl sites for hydroxylation is 1. The molecule has 1 aromatic rings. The molecule has 0 bridgehead atoms. The molecule has 66 valence electrons. The maximum Gasteiger partial charge on any atom is -0.0190 e. The van der Waals surface area contributed by atoms with Gasteiger partial charge in [-0.3, -0.25) is 0 Å². The van der Waals surface area contributed by atoms with Crippen molar-refractivity contribution in [1.29, 1.82) is 0 Å². The van der Waals surface area contributed by atoms with Crippen LogP contribution in [-0.4, -0.2) is 0 Å². The lowest BCUT2D eigenvalue weighted by molar-refractivity contribution is 0.729. The van der Waals surface area contributed by atoms with E-state index in [2.05, 4.69) is 48.2 Å². The van der Waals surface area contributed by atoms with Gasteiger partial charge in [-0.1, -0.05) is 32.0 Å². The summed E-state index contributed by atoms with van der Waals surface area (Å²) in [4.78, 5) is 0. The maximum absolute atomic E-state index is 2.75. The standard InChI is InChI=1S/C11H17P/c1-4-8(2)11-7-10(12)6-5-9(11)3/h5-8H,4,12H2,1-3H3. The molecule has 0 saturated heterocycles. The predicted molar refractivity (Wildman–Crippen MR) is 59.2 cm³/mol. The summed E-state index contributed by atoms with van der Waals surface area (Å²) in [6.45, 7) is 6.71. The van der Waals surface area contributed by atoms with Gasteiger partial charge in [0.25, 0.3) is 0 Å². The SMILES string of the molecule is CCC(C)c1cc(P)ccc1C. The van der Waals surface area contributed by atoms with Crippen LogP contribution in [0.4, 0.5) is 0 Å². The van der Waals surface area contributed by atoms with Crippen LogP contribution in [0.3, 0.4) is 0 Å². The Hall–Kier alpha value is -0.350. The van der Waals surface area contributed by atoms with Crippen molar-refractivity contribution < 1.29 is 0 Å². The molecule has 0 spiro atoms. The average molecular weight is 180 g/mol. The van der Waals surface area contributed by atoms with E-state index in [0.717, 1.165) is 0 Å². The van der Waals surface area contributed by atoms with Crippen LogP contribution in [-0.2, 0) is 0 Å². The first-order valence-electron chi connectivity index (χ1n) is 4.51. The Balaban J connectivity index is 3.04. The van der Waals surface area contributed by atoms with Gasteiger partial charge in [-0.2, -0.15) is 0 Å². The van der Waals surface area contributed by atoms with Crippen LogP contribution in [0.15, 0.2) is 18.2 Å². The molecule has 0 heterocycles. The molecular formula is C11H17P. The van der Waals surface area contributed by atoms with E-state index < -0.39 is 0 Å². The zero-order valence-electron chi connectivity index (χ0n) is 8.09. The fourth-order valence-electron chi connectivity index (χ4n) is 1.41. The van der Waals surface area contributed by atoms with Gasteiger partial charge in [-0.15, -0.1) is 9.24 Å². The molecule has 0 amide bonds. The zero-order valence-corrected chi connectivity index (χ0v) is 9.25. The molecule has 0 saturated carbocycles. The van der Waals surface area contributed by atoms with Crippen molar-refractivity contribution >= 4 is 14.5 Å². The molecule has 0 radical (unpaired) electrons. The molecule has 1 heteroatoms. The summed E-state index contributed by atoms with van der Waals surface area (Å²) in [6, 6.07) is 6.61. The fourth-order valence-corrected chi connectivity index (χ4v) is 1.69. The summed E-state index contributed by atoms with van der Waals surface area (Å²) >= 11 is 0. The van der Waals surface area contributed by atoms with Crippen LogP contribution in [0.5, 0.6) is 0 Å². The van der Waals surface area contributed by atoms with Gasteiger partial charge in [0, 0.05) is 0 Å². The molecule has 1 rings (SSSR count). The second kappa shape index (κ2) is 4.05. The molecule has 2 unspecified atom stereocenters. The first kappa shape index (κ1) is 9.74. The van der Waals surface area contributed by atoms with E-state index in [1.54, 1.807) is 0 Å². The second-order valence-electron chi connectivity index (χ2n) is 3.43. The number of benzene rings is 1. The van der Waals surface area contributed by atoms with E-state index in [9.17, 15) is 0 Å². The van der Waals surface area contributed by atoms with Crippen LogP contribution in [0, 0.1) is 6.92 Å². The molecule has 0 nitrogen and oxygen atoms in total.